The summed E-state index contributed by atoms with van der Waals surface area (Å²) >= 11 is 0. The molecule has 0 aliphatic rings. The highest BCUT2D eigenvalue weighted by atomic mass is 32.2. The number of sulfonamides is 1. The Bertz CT molecular complexity index is 1080. The van der Waals surface area contributed by atoms with Crippen molar-refractivity contribution in [1.29, 1.82) is 0 Å². The Morgan fingerprint density at radius 1 is 0.897 bits per heavy atom. The lowest BCUT2D eigenvalue weighted by atomic mass is 10.0. The molecule has 5 nitrogen and oxygen atoms in total. The molecule has 0 bridgehead atoms. The van der Waals surface area contributed by atoms with E-state index in [2.05, 4.69) is 10.0 Å². The maximum absolute atomic E-state index is 12.7. The maximum atomic E-state index is 12.7. The van der Waals surface area contributed by atoms with Crippen molar-refractivity contribution in [2.24, 2.45) is 0 Å². The van der Waals surface area contributed by atoms with E-state index in [-0.39, 0.29) is 28.0 Å². The highest BCUT2D eigenvalue weighted by molar-refractivity contribution is 7.92. The van der Waals surface area contributed by atoms with Gasteiger partial charge in [-0.1, -0.05) is 67.1 Å². The molecule has 2 N–H and O–H groups in total. The first kappa shape index (κ1) is 20.6. The van der Waals surface area contributed by atoms with Crippen molar-refractivity contribution in [1.82, 2.24) is 5.32 Å². The summed E-state index contributed by atoms with van der Waals surface area (Å²) in [6.07, 6.45) is 0. The smallest absolute Gasteiger partial charge is 0.261 e. The molecule has 150 valence electrons. The maximum Gasteiger partial charge on any atom is 0.261 e. The van der Waals surface area contributed by atoms with Gasteiger partial charge in [-0.05, 0) is 42.7 Å². The fraction of sp³-hybridized carbons (Fsp3) is 0.174. The largest absolute Gasteiger partial charge is 0.351 e. The number of amides is 1. The van der Waals surface area contributed by atoms with Gasteiger partial charge in [-0.2, -0.15) is 0 Å². The molecule has 3 aromatic carbocycles. The highest BCUT2D eigenvalue weighted by Gasteiger charge is 2.19. The summed E-state index contributed by atoms with van der Waals surface area (Å²) in [6, 6.07) is 23.0. The number of benzene rings is 3. The van der Waals surface area contributed by atoms with E-state index in [1.807, 2.05) is 44.2 Å². The Labute approximate surface area is 171 Å². The second-order valence-electron chi connectivity index (χ2n) is 6.99. The van der Waals surface area contributed by atoms with Gasteiger partial charge in [-0.15, -0.1) is 0 Å². The third kappa shape index (κ3) is 5.23. The van der Waals surface area contributed by atoms with Crippen LogP contribution in [0.1, 0.15) is 34.3 Å². The number of rotatable bonds is 7. The first-order valence-corrected chi connectivity index (χ1v) is 10.9. The standard InChI is InChI=1S/C23H24N2O3S/c1-17-12-14-20(15-13-17)29(27,28)25-22-11-7-6-10-21(22)23(26)24-16-18(2)19-8-4-3-5-9-19/h3-15,18,25H,16H2,1-2H3,(H,24,26). The Morgan fingerprint density at radius 3 is 2.21 bits per heavy atom. The van der Waals surface area contributed by atoms with Crippen LogP contribution in [0.15, 0.2) is 83.8 Å². The van der Waals surface area contributed by atoms with Crippen LogP contribution in [-0.4, -0.2) is 20.9 Å². The number of hydrogen-bond donors (Lipinski definition) is 2. The molecule has 0 saturated carbocycles. The van der Waals surface area contributed by atoms with Crippen LogP contribution in [0.3, 0.4) is 0 Å². The van der Waals surface area contributed by atoms with Gasteiger partial charge in [-0.25, -0.2) is 8.42 Å². The van der Waals surface area contributed by atoms with Crippen molar-refractivity contribution < 1.29 is 13.2 Å². The van der Waals surface area contributed by atoms with Crippen molar-refractivity contribution >= 4 is 21.6 Å². The van der Waals surface area contributed by atoms with E-state index in [4.69, 9.17) is 0 Å². The minimum absolute atomic E-state index is 0.136. The van der Waals surface area contributed by atoms with Crippen molar-refractivity contribution in [3.63, 3.8) is 0 Å². The minimum Gasteiger partial charge on any atom is -0.351 e. The van der Waals surface area contributed by atoms with Gasteiger partial charge in [0.15, 0.2) is 0 Å². The van der Waals surface area contributed by atoms with Gasteiger partial charge in [0.25, 0.3) is 15.9 Å². The second kappa shape index (κ2) is 8.92. The van der Waals surface area contributed by atoms with Crippen LogP contribution in [-0.2, 0) is 10.0 Å². The molecule has 0 aromatic heterocycles. The lowest BCUT2D eigenvalue weighted by Crippen LogP contribution is -2.28. The van der Waals surface area contributed by atoms with E-state index in [9.17, 15) is 13.2 Å². The van der Waals surface area contributed by atoms with E-state index in [0.717, 1.165) is 11.1 Å². The summed E-state index contributed by atoms with van der Waals surface area (Å²) in [7, 11) is -3.79. The van der Waals surface area contributed by atoms with E-state index in [1.54, 1.807) is 48.5 Å². The molecule has 0 saturated heterocycles. The number of hydrogen-bond acceptors (Lipinski definition) is 3. The van der Waals surface area contributed by atoms with E-state index in [1.165, 1.54) is 0 Å². The molecule has 0 aliphatic carbocycles. The van der Waals surface area contributed by atoms with Gasteiger partial charge in [0, 0.05) is 6.54 Å². The van der Waals surface area contributed by atoms with Gasteiger partial charge in [0.05, 0.1) is 16.1 Å². The number of carbonyl (C=O) groups is 1. The topological polar surface area (TPSA) is 75.3 Å². The third-order valence-corrected chi connectivity index (χ3v) is 6.07. The molecular weight excluding hydrogens is 384 g/mol. The molecule has 1 atom stereocenters. The molecule has 0 heterocycles. The number of anilines is 1. The summed E-state index contributed by atoms with van der Waals surface area (Å²) in [4.78, 5) is 12.9. The van der Waals surface area contributed by atoms with Crippen LogP contribution in [0.4, 0.5) is 5.69 Å². The van der Waals surface area contributed by atoms with Gasteiger partial charge in [0.1, 0.15) is 0 Å². The number of aryl methyl sites for hydroxylation is 1. The Morgan fingerprint density at radius 2 is 1.52 bits per heavy atom. The fourth-order valence-corrected chi connectivity index (χ4v) is 4.01. The average Bonchev–Trinajstić information content (AvgIpc) is 2.73. The summed E-state index contributed by atoms with van der Waals surface area (Å²) in [5.41, 5.74) is 2.62. The van der Waals surface area contributed by atoms with Crippen molar-refractivity contribution in [3.8, 4) is 0 Å². The van der Waals surface area contributed by atoms with Crippen molar-refractivity contribution in [3.05, 3.63) is 95.6 Å². The van der Waals surface area contributed by atoms with Gasteiger partial charge >= 0.3 is 0 Å². The van der Waals surface area contributed by atoms with Crippen LogP contribution in [0.25, 0.3) is 0 Å². The molecule has 1 amide bonds. The van der Waals surface area contributed by atoms with Gasteiger partial charge in [0.2, 0.25) is 0 Å². The van der Waals surface area contributed by atoms with Gasteiger partial charge in [-0.3, -0.25) is 9.52 Å². The predicted molar refractivity (Wildman–Crippen MR) is 116 cm³/mol. The van der Waals surface area contributed by atoms with Crippen LogP contribution in [0.5, 0.6) is 0 Å². The summed E-state index contributed by atoms with van der Waals surface area (Å²) in [5.74, 6) is -0.188. The Hall–Kier alpha value is -3.12. The van der Waals surface area contributed by atoms with E-state index < -0.39 is 10.0 Å². The molecule has 0 fully saturated rings. The zero-order valence-corrected chi connectivity index (χ0v) is 17.2. The molecular formula is C23H24N2O3S. The molecule has 6 heteroatoms. The zero-order valence-electron chi connectivity index (χ0n) is 16.4. The highest BCUT2D eigenvalue weighted by Crippen LogP contribution is 2.21. The molecule has 0 radical (unpaired) electrons. The normalized spacial score (nSPS) is 12.2. The number of para-hydroxylation sites is 1. The molecule has 3 aromatic rings. The lowest BCUT2D eigenvalue weighted by molar-refractivity contribution is 0.0952. The monoisotopic (exact) mass is 408 g/mol. The van der Waals surface area contributed by atoms with Crippen molar-refractivity contribution in [2.75, 3.05) is 11.3 Å². The third-order valence-electron chi connectivity index (χ3n) is 4.68. The fourth-order valence-electron chi connectivity index (χ4n) is 2.93. The van der Waals surface area contributed by atoms with Crippen LogP contribution < -0.4 is 10.0 Å². The van der Waals surface area contributed by atoms with Gasteiger partial charge < -0.3 is 5.32 Å². The van der Waals surface area contributed by atoms with E-state index in [0.29, 0.717) is 6.54 Å². The average molecular weight is 409 g/mol. The Kier molecular flexibility index (Phi) is 6.34. The molecule has 1 unspecified atom stereocenters. The minimum atomic E-state index is -3.79. The summed E-state index contributed by atoms with van der Waals surface area (Å²) in [5, 5.41) is 2.90. The molecule has 29 heavy (non-hydrogen) atoms. The SMILES string of the molecule is Cc1ccc(S(=O)(=O)Nc2ccccc2C(=O)NCC(C)c2ccccc2)cc1. The van der Waals surface area contributed by atoms with Crippen molar-refractivity contribution in [2.45, 2.75) is 24.7 Å². The summed E-state index contributed by atoms with van der Waals surface area (Å²) < 4.78 is 27.9. The van der Waals surface area contributed by atoms with Crippen LogP contribution >= 0.6 is 0 Å². The second-order valence-corrected chi connectivity index (χ2v) is 8.67. The van der Waals surface area contributed by atoms with E-state index >= 15 is 0 Å². The number of nitrogens with one attached hydrogen (secondary N) is 2. The first-order valence-electron chi connectivity index (χ1n) is 9.38. The first-order chi connectivity index (χ1) is 13.9. The molecule has 0 spiro atoms. The Balaban J connectivity index is 1.74. The zero-order chi connectivity index (χ0) is 20.9. The molecule has 3 rings (SSSR count). The quantitative estimate of drug-likeness (QED) is 0.611. The lowest BCUT2D eigenvalue weighted by Gasteiger charge is -2.15. The predicted octanol–water partition coefficient (Wildman–Crippen LogP) is 4.33. The molecule has 0 aliphatic heterocycles. The van der Waals surface area contributed by atoms with Crippen LogP contribution in [0, 0.1) is 6.92 Å². The van der Waals surface area contributed by atoms with Crippen LogP contribution in [0.2, 0.25) is 0 Å². The number of carbonyl (C=O) groups excluding carboxylic acids is 1. The summed E-state index contributed by atoms with van der Waals surface area (Å²) in [6.45, 7) is 4.36.